The van der Waals surface area contributed by atoms with E-state index < -0.39 is 0 Å². The fraction of sp³-hybridized carbons (Fsp3) is 0.706. The van der Waals surface area contributed by atoms with Crippen LogP contribution in [0.2, 0.25) is 0 Å². The minimum absolute atomic E-state index is 0.767. The molecule has 0 bridgehead atoms. The van der Waals surface area contributed by atoms with E-state index >= 15 is 0 Å². The average molecular weight is 256 g/mol. The molecule has 2 heterocycles. The molecule has 0 radical (unpaired) electrons. The molecular formula is C17H24N2. The maximum Gasteiger partial charge on any atom is 0.0439 e. The molecule has 2 aliphatic carbocycles. The molecule has 1 aromatic heterocycles. The Morgan fingerprint density at radius 3 is 2.89 bits per heavy atom. The van der Waals surface area contributed by atoms with Crippen molar-refractivity contribution in [3.63, 3.8) is 0 Å². The standard InChI is InChI=1S/C17H24N2/c1-2-13-6-9-18-16-5-4-14(10-15(13)16)19-11-17(12-19)7-3-8-17/h6,9,14H,2-5,7-8,10-12H2,1H3. The van der Waals surface area contributed by atoms with Crippen molar-refractivity contribution in [3.8, 4) is 0 Å². The fourth-order valence-corrected chi connectivity index (χ4v) is 4.40. The third-order valence-corrected chi connectivity index (χ3v) is 5.78. The van der Waals surface area contributed by atoms with E-state index in [-0.39, 0.29) is 0 Å². The highest BCUT2D eigenvalue weighted by molar-refractivity contribution is 5.33. The molecule has 1 atom stereocenters. The van der Waals surface area contributed by atoms with Gasteiger partial charge < -0.3 is 0 Å². The molecule has 0 N–H and O–H groups in total. The van der Waals surface area contributed by atoms with Crippen molar-refractivity contribution < 1.29 is 0 Å². The Hall–Kier alpha value is -0.890. The molecule has 4 rings (SSSR count). The first kappa shape index (κ1) is 11.9. The molecule has 0 aromatic carbocycles. The Bertz CT molecular complexity index is 468. The van der Waals surface area contributed by atoms with Crippen molar-refractivity contribution >= 4 is 0 Å². The zero-order valence-electron chi connectivity index (χ0n) is 12.0. The quantitative estimate of drug-likeness (QED) is 0.808. The fourth-order valence-electron chi connectivity index (χ4n) is 4.40. The highest BCUT2D eigenvalue weighted by atomic mass is 15.2. The summed E-state index contributed by atoms with van der Waals surface area (Å²) in [7, 11) is 0. The lowest BCUT2D eigenvalue weighted by Gasteiger charge is -2.59. The summed E-state index contributed by atoms with van der Waals surface area (Å²) in [5.74, 6) is 0. The summed E-state index contributed by atoms with van der Waals surface area (Å²) in [4.78, 5) is 7.36. The predicted molar refractivity (Wildman–Crippen MR) is 77.3 cm³/mol. The van der Waals surface area contributed by atoms with E-state index in [1.807, 2.05) is 6.20 Å². The van der Waals surface area contributed by atoms with Crippen LogP contribution in [-0.2, 0) is 19.3 Å². The first-order chi connectivity index (χ1) is 9.30. The first-order valence-corrected chi connectivity index (χ1v) is 7.99. The number of rotatable bonds is 2. The van der Waals surface area contributed by atoms with Crippen LogP contribution in [0.15, 0.2) is 12.3 Å². The van der Waals surface area contributed by atoms with Crippen LogP contribution in [0.1, 0.15) is 49.4 Å². The Morgan fingerprint density at radius 1 is 1.37 bits per heavy atom. The van der Waals surface area contributed by atoms with E-state index in [4.69, 9.17) is 0 Å². The van der Waals surface area contributed by atoms with Crippen LogP contribution in [0.4, 0.5) is 0 Å². The molecule has 1 unspecified atom stereocenters. The number of pyridine rings is 1. The van der Waals surface area contributed by atoms with Gasteiger partial charge in [0.25, 0.3) is 0 Å². The SMILES string of the molecule is CCc1ccnc2c1CC(N1CC3(CCC3)C1)CC2. The topological polar surface area (TPSA) is 16.1 Å². The number of hydrogen-bond donors (Lipinski definition) is 0. The van der Waals surface area contributed by atoms with E-state index in [9.17, 15) is 0 Å². The predicted octanol–water partition coefficient (Wildman–Crippen LogP) is 2.99. The Labute approximate surface area is 116 Å². The molecule has 1 saturated carbocycles. The van der Waals surface area contributed by atoms with Gasteiger partial charge in [-0.3, -0.25) is 9.88 Å². The molecule has 0 amide bonds. The molecule has 102 valence electrons. The van der Waals surface area contributed by atoms with E-state index in [0.29, 0.717) is 0 Å². The molecule has 1 aliphatic heterocycles. The number of aromatic nitrogens is 1. The summed E-state index contributed by atoms with van der Waals surface area (Å²) < 4.78 is 0. The van der Waals surface area contributed by atoms with Gasteiger partial charge in [0, 0.05) is 31.0 Å². The van der Waals surface area contributed by atoms with Crippen LogP contribution in [-0.4, -0.2) is 29.0 Å². The van der Waals surface area contributed by atoms with Crippen molar-refractivity contribution in [3.05, 3.63) is 29.1 Å². The van der Waals surface area contributed by atoms with E-state index in [0.717, 1.165) is 17.9 Å². The van der Waals surface area contributed by atoms with Crippen LogP contribution >= 0.6 is 0 Å². The van der Waals surface area contributed by atoms with Crippen LogP contribution in [0.25, 0.3) is 0 Å². The van der Waals surface area contributed by atoms with Crippen LogP contribution in [0, 0.1) is 5.41 Å². The minimum atomic E-state index is 0.767. The molecule has 1 aromatic rings. The molecule has 19 heavy (non-hydrogen) atoms. The summed E-state index contributed by atoms with van der Waals surface area (Å²) in [5, 5.41) is 0. The summed E-state index contributed by atoms with van der Waals surface area (Å²) in [6.45, 7) is 5.04. The third kappa shape index (κ3) is 1.84. The van der Waals surface area contributed by atoms with Gasteiger partial charge >= 0.3 is 0 Å². The Morgan fingerprint density at radius 2 is 2.21 bits per heavy atom. The van der Waals surface area contributed by atoms with Gasteiger partial charge in [0.1, 0.15) is 0 Å². The molecular weight excluding hydrogens is 232 g/mol. The summed E-state index contributed by atoms with van der Waals surface area (Å²) in [6.07, 6.45) is 11.4. The maximum absolute atomic E-state index is 4.60. The lowest BCUT2D eigenvalue weighted by atomic mass is 9.63. The number of likely N-dealkylation sites (tertiary alicyclic amines) is 1. The highest BCUT2D eigenvalue weighted by Crippen LogP contribution is 2.49. The number of aryl methyl sites for hydroxylation is 2. The van der Waals surface area contributed by atoms with Crippen LogP contribution in [0.3, 0.4) is 0 Å². The molecule has 2 heteroatoms. The molecule has 1 saturated heterocycles. The zero-order valence-corrected chi connectivity index (χ0v) is 12.0. The summed E-state index contributed by atoms with van der Waals surface area (Å²) in [5.41, 5.74) is 5.27. The maximum atomic E-state index is 4.60. The monoisotopic (exact) mass is 256 g/mol. The average Bonchev–Trinajstić information content (AvgIpc) is 2.34. The number of fused-ring (bicyclic) bond motifs is 1. The van der Waals surface area contributed by atoms with Crippen molar-refractivity contribution in [2.24, 2.45) is 5.41 Å². The van der Waals surface area contributed by atoms with Gasteiger partial charge in [-0.15, -0.1) is 0 Å². The molecule has 2 nitrogen and oxygen atoms in total. The van der Waals surface area contributed by atoms with Gasteiger partial charge in [0.15, 0.2) is 0 Å². The van der Waals surface area contributed by atoms with Crippen LogP contribution < -0.4 is 0 Å². The van der Waals surface area contributed by atoms with E-state index in [1.54, 1.807) is 5.56 Å². The van der Waals surface area contributed by atoms with Crippen molar-refractivity contribution in [1.82, 2.24) is 9.88 Å². The summed E-state index contributed by atoms with van der Waals surface area (Å²) in [6, 6.07) is 3.03. The van der Waals surface area contributed by atoms with Gasteiger partial charge in [0.05, 0.1) is 0 Å². The molecule has 2 fully saturated rings. The van der Waals surface area contributed by atoms with E-state index in [1.165, 1.54) is 62.9 Å². The lowest BCUT2D eigenvalue weighted by Crippen LogP contribution is -2.63. The van der Waals surface area contributed by atoms with Crippen molar-refractivity contribution in [1.29, 1.82) is 0 Å². The Balaban J connectivity index is 1.49. The van der Waals surface area contributed by atoms with E-state index in [2.05, 4.69) is 22.9 Å². The Kier molecular flexibility index (Phi) is 2.70. The summed E-state index contributed by atoms with van der Waals surface area (Å²) >= 11 is 0. The smallest absolute Gasteiger partial charge is 0.0439 e. The number of hydrogen-bond acceptors (Lipinski definition) is 2. The van der Waals surface area contributed by atoms with Crippen molar-refractivity contribution in [2.75, 3.05) is 13.1 Å². The van der Waals surface area contributed by atoms with Gasteiger partial charge in [-0.05, 0) is 61.1 Å². The van der Waals surface area contributed by atoms with Gasteiger partial charge in [0.2, 0.25) is 0 Å². The van der Waals surface area contributed by atoms with Gasteiger partial charge in [-0.1, -0.05) is 13.3 Å². The first-order valence-electron chi connectivity index (χ1n) is 7.99. The van der Waals surface area contributed by atoms with Crippen LogP contribution in [0.5, 0.6) is 0 Å². The van der Waals surface area contributed by atoms with Gasteiger partial charge in [-0.25, -0.2) is 0 Å². The second-order valence-corrected chi connectivity index (χ2v) is 6.90. The normalized spacial score (nSPS) is 28.6. The third-order valence-electron chi connectivity index (χ3n) is 5.78. The van der Waals surface area contributed by atoms with Gasteiger partial charge in [-0.2, -0.15) is 0 Å². The highest BCUT2D eigenvalue weighted by Gasteiger charge is 2.49. The minimum Gasteiger partial charge on any atom is -0.299 e. The van der Waals surface area contributed by atoms with Crippen molar-refractivity contribution in [2.45, 2.75) is 57.9 Å². The second kappa shape index (κ2) is 4.31. The molecule has 1 spiro atoms. The zero-order chi connectivity index (χ0) is 12.9. The lowest BCUT2D eigenvalue weighted by molar-refractivity contribution is -0.0853. The largest absolute Gasteiger partial charge is 0.299 e. The second-order valence-electron chi connectivity index (χ2n) is 6.90. The molecule has 3 aliphatic rings. The number of nitrogens with zero attached hydrogens (tertiary/aromatic N) is 2.